The van der Waals surface area contributed by atoms with Crippen molar-refractivity contribution in [3.05, 3.63) is 94.0 Å². The molecule has 2 fully saturated rings. The van der Waals surface area contributed by atoms with Gasteiger partial charge in [-0.05, 0) is 60.7 Å². The largest absolute Gasteiger partial charge is 0.418 e. The van der Waals surface area contributed by atoms with Gasteiger partial charge in [0.1, 0.15) is 11.6 Å². The van der Waals surface area contributed by atoms with Crippen LogP contribution in [-0.4, -0.2) is 77.5 Å². The Labute approximate surface area is 302 Å². The molecule has 0 bridgehead atoms. The van der Waals surface area contributed by atoms with E-state index >= 15 is 0 Å². The fourth-order valence-corrected chi connectivity index (χ4v) is 6.39. The lowest BCUT2D eigenvalue weighted by Gasteiger charge is -2.31. The molecule has 18 heteroatoms. The summed E-state index contributed by atoms with van der Waals surface area (Å²) < 4.78 is 92.4. The van der Waals surface area contributed by atoms with Crippen LogP contribution < -0.4 is 15.5 Å². The molecule has 0 unspecified atom stereocenters. The number of hydrogen-bond donors (Lipinski definition) is 3. The highest BCUT2D eigenvalue weighted by Gasteiger charge is 2.37. The maximum Gasteiger partial charge on any atom is 0.418 e. The number of morpholine rings is 2. The number of alkyl halides is 6. The van der Waals surface area contributed by atoms with E-state index in [1.807, 2.05) is 0 Å². The van der Waals surface area contributed by atoms with Crippen molar-refractivity contribution in [1.29, 1.82) is 0 Å². The molecule has 0 radical (unpaired) electrons. The summed E-state index contributed by atoms with van der Waals surface area (Å²) in [6, 6.07) is 17.6. The minimum Gasteiger partial charge on any atom is -0.399 e. The highest BCUT2D eigenvalue weighted by molar-refractivity contribution is 5.83. The van der Waals surface area contributed by atoms with Crippen LogP contribution >= 0.6 is 0 Å². The van der Waals surface area contributed by atoms with Crippen molar-refractivity contribution in [3.63, 3.8) is 0 Å². The number of nitrogen functional groups attached to an aromatic ring is 1. The van der Waals surface area contributed by atoms with Crippen LogP contribution in [0.15, 0.2) is 72.8 Å². The predicted octanol–water partition coefficient (Wildman–Crippen LogP) is 7.66. The fourth-order valence-electron chi connectivity index (χ4n) is 6.39. The number of halogens is 6. The number of hydrogen-bond acceptors (Lipinski definition) is 9. The van der Waals surface area contributed by atoms with Gasteiger partial charge in [0, 0.05) is 66.5 Å². The average molecular weight is 755 g/mol. The van der Waals surface area contributed by atoms with Gasteiger partial charge in [-0.25, -0.2) is 9.97 Å². The number of ether oxygens (including phenoxy) is 2. The topological polar surface area (TPSA) is 151 Å². The fraction of sp³-hybridized carbons (Fsp3) is 0.278. The Morgan fingerprint density at radius 3 is 1.54 bits per heavy atom. The summed E-state index contributed by atoms with van der Waals surface area (Å²) in [6.07, 6.45) is -8.99. The third-order valence-electron chi connectivity index (χ3n) is 9.04. The second-order valence-corrected chi connectivity index (χ2v) is 12.6. The van der Waals surface area contributed by atoms with E-state index in [0.29, 0.717) is 91.7 Å². The molecule has 2 aromatic heterocycles. The van der Waals surface area contributed by atoms with Crippen molar-refractivity contribution in [1.82, 2.24) is 19.9 Å². The van der Waals surface area contributed by atoms with Crippen molar-refractivity contribution in [3.8, 4) is 22.8 Å². The predicted molar refractivity (Wildman–Crippen MR) is 190 cm³/mol. The van der Waals surface area contributed by atoms with Crippen molar-refractivity contribution in [2.75, 3.05) is 68.1 Å². The van der Waals surface area contributed by atoms with Gasteiger partial charge in [-0.1, -0.05) is 0 Å². The van der Waals surface area contributed by atoms with Gasteiger partial charge in [0.15, 0.2) is 0 Å². The summed E-state index contributed by atoms with van der Waals surface area (Å²) in [4.78, 5) is 28.3. The lowest BCUT2D eigenvalue weighted by molar-refractivity contribution is -0.384. The summed E-state index contributed by atoms with van der Waals surface area (Å²) in [5.74, 6) is 0.596. The molecule has 2 aliphatic rings. The van der Waals surface area contributed by atoms with E-state index in [-0.39, 0.29) is 28.5 Å². The van der Waals surface area contributed by atoms with E-state index in [9.17, 15) is 36.5 Å². The molecule has 0 spiro atoms. The van der Waals surface area contributed by atoms with Crippen molar-refractivity contribution in [2.24, 2.45) is 0 Å². The first-order valence-corrected chi connectivity index (χ1v) is 16.7. The minimum absolute atomic E-state index is 0.103. The average Bonchev–Trinajstić information content (AvgIpc) is 3.79. The molecular weight excluding hydrogens is 722 g/mol. The highest BCUT2D eigenvalue weighted by Crippen LogP contribution is 2.41. The first-order chi connectivity index (χ1) is 25.7. The van der Waals surface area contributed by atoms with Gasteiger partial charge in [0.05, 0.1) is 64.5 Å². The third-order valence-corrected chi connectivity index (χ3v) is 9.04. The Balaban J connectivity index is 0.000000167. The normalized spacial score (nSPS) is 15.4. The van der Waals surface area contributed by atoms with E-state index in [1.165, 1.54) is 30.3 Å². The number of nitrogens with zero attached hydrogens (tertiary/aromatic N) is 5. The Morgan fingerprint density at radius 2 is 1.09 bits per heavy atom. The van der Waals surface area contributed by atoms with E-state index in [4.69, 9.17) is 15.2 Å². The monoisotopic (exact) mass is 754 g/mol. The SMILES string of the molecule is Nc1ccc2nc(-c3ccc(N4CCOCC4)c(C(F)(F)F)c3)[nH]c2c1.O=[N+]([O-])c1ccc2nc(-c3ccc(N4CCOCC4)c(C(F)(F)F)c3)[nH]c2c1. The number of imidazole rings is 2. The summed E-state index contributed by atoms with van der Waals surface area (Å²) in [5.41, 5.74) is 7.83. The lowest BCUT2D eigenvalue weighted by atomic mass is 10.1. The molecule has 0 saturated carbocycles. The van der Waals surface area contributed by atoms with Crippen LogP contribution in [0.1, 0.15) is 11.1 Å². The molecule has 54 heavy (non-hydrogen) atoms. The Morgan fingerprint density at radius 1 is 0.648 bits per heavy atom. The number of H-pyrrole nitrogens is 2. The van der Waals surface area contributed by atoms with Crippen molar-refractivity contribution >= 4 is 44.8 Å². The zero-order valence-corrected chi connectivity index (χ0v) is 28.3. The molecule has 2 aliphatic heterocycles. The van der Waals surface area contributed by atoms with Crippen LogP contribution in [0, 0.1) is 10.1 Å². The number of benzene rings is 4. The molecule has 282 valence electrons. The van der Waals surface area contributed by atoms with E-state index in [0.717, 1.165) is 12.1 Å². The summed E-state index contributed by atoms with van der Waals surface area (Å²) in [5, 5.41) is 10.9. The molecule has 8 rings (SSSR count). The standard InChI is InChI=1S/C18H15F3N4O3.C18H17F3N4O/c19-18(20,21)13-9-11(1-4-16(13)24-5-7-28-8-6-24)17-22-14-3-2-12(25(26)27)10-15(14)23-17;19-18(20,21)13-9-11(1-4-16(13)25-5-7-26-8-6-25)17-23-14-3-2-12(22)10-15(14)24-17/h1-4,9-10H,5-8H2,(H,22,23);1-4,9-10H,5-8,22H2,(H,23,24). The number of aromatic nitrogens is 4. The second-order valence-electron chi connectivity index (χ2n) is 12.6. The van der Waals surface area contributed by atoms with Crippen LogP contribution in [0.5, 0.6) is 0 Å². The Bertz CT molecular complexity index is 2310. The summed E-state index contributed by atoms with van der Waals surface area (Å²) in [7, 11) is 0. The Kier molecular flexibility index (Phi) is 9.80. The zero-order chi connectivity index (χ0) is 38.2. The van der Waals surface area contributed by atoms with Crippen molar-refractivity contribution in [2.45, 2.75) is 12.4 Å². The zero-order valence-electron chi connectivity index (χ0n) is 28.3. The van der Waals surface area contributed by atoms with Gasteiger partial charge >= 0.3 is 12.4 Å². The summed E-state index contributed by atoms with van der Waals surface area (Å²) >= 11 is 0. The molecular formula is C36H32F6N8O4. The number of non-ortho nitro benzene ring substituents is 1. The van der Waals surface area contributed by atoms with Gasteiger partial charge in [-0.15, -0.1) is 0 Å². The summed E-state index contributed by atoms with van der Waals surface area (Å²) in [6.45, 7) is 3.24. The maximum absolute atomic E-state index is 13.7. The Hall–Kier alpha value is -5.88. The van der Waals surface area contributed by atoms with Crippen LogP contribution in [0.4, 0.5) is 49.1 Å². The smallest absolute Gasteiger partial charge is 0.399 e. The third kappa shape index (κ3) is 7.74. The number of fused-ring (bicyclic) bond motifs is 2. The van der Waals surface area contributed by atoms with Crippen LogP contribution in [0.25, 0.3) is 44.8 Å². The number of nitrogens with one attached hydrogen (secondary N) is 2. The molecule has 4 aromatic carbocycles. The lowest BCUT2D eigenvalue weighted by Crippen LogP contribution is -2.37. The number of nitro groups is 1. The molecule has 4 heterocycles. The first kappa shape index (κ1) is 36.5. The van der Waals surface area contributed by atoms with Gasteiger partial charge in [-0.2, -0.15) is 26.3 Å². The van der Waals surface area contributed by atoms with E-state index in [1.54, 1.807) is 40.1 Å². The molecule has 0 aliphatic carbocycles. The second kappa shape index (κ2) is 14.5. The molecule has 0 amide bonds. The van der Waals surface area contributed by atoms with E-state index in [2.05, 4.69) is 19.9 Å². The number of anilines is 3. The van der Waals surface area contributed by atoms with Crippen LogP contribution in [0.3, 0.4) is 0 Å². The molecule has 12 nitrogen and oxygen atoms in total. The van der Waals surface area contributed by atoms with Gasteiger partial charge in [0.2, 0.25) is 0 Å². The van der Waals surface area contributed by atoms with Gasteiger partial charge in [0.25, 0.3) is 5.69 Å². The number of nitrogens with two attached hydrogens (primary N) is 1. The molecule has 0 atom stereocenters. The number of aromatic amines is 2. The van der Waals surface area contributed by atoms with Gasteiger partial charge < -0.3 is 35.0 Å². The maximum atomic E-state index is 13.7. The van der Waals surface area contributed by atoms with E-state index < -0.39 is 28.4 Å². The molecule has 6 aromatic rings. The molecule has 2 saturated heterocycles. The van der Waals surface area contributed by atoms with Crippen LogP contribution in [0.2, 0.25) is 0 Å². The minimum atomic E-state index is -4.53. The van der Waals surface area contributed by atoms with Crippen molar-refractivity contribution < 1.29 is 40.7 Å². The highest BCUT2D eigenvalue weighted by atomic mass is 19.4. The van der Waals surface area contributed by atoms with Gasteiger partial charge in [-0.3, -0.25) is 10.1 Å². The first-order valence-electron chi connectivity index (χ1n) is 16.7. The number of nitro benzene ring substituents is 1. The van der Waals surface area contributed by atoms with Crippen LogP contribution in [-0.2, 0) is 21.8 Å². The quantitative estimate of drug-likeness (QED) is 0.0698. The number of rotatable bonds is 5. The molecule has 4 N–H and O–H groups in total.